The fourth-order valence-electron chi connectivity index (χ4n) is 10.2. The number of carbonyl (C=O) groups excluding carboxylic acids is 4. The molecule has 0 aliphatic carbocycles. The van der Waals surface area contributed by atoms with Gasteiger partial charge in [-0.05, 0) is 64.7 Å². The summed E-state index contributed by atoms with van der Waals surface area (Å²) in [7, 11) is 3.51. The SMILES string of the molecule is CN1CC(CCN2CCC(C(OC(=O)C(=O)OC(c3ccccc3)(c3ccccc3)C3CCN(CCC4CN(C)C(=O)O4)CC3)(c3ccccc3)c3ccccc3)CC2)OC1=O. The number of cyclic esters (lactones) is 2. The van der Waals surface area contributed by atoms with E-state index in [1.807, 2.05) is 121 Å². The van der Waals surface area contributed by atoms with Crippen molar-refractivity contribution in [1.29, 1.82) is 0 Å². The van der Waals surface area contributed by atoms with Crippen LogP contribution in [-0.2, 0) is 39.7 Å². The van der Waals surface area contributed by atoms with Crippen molar-refractivity contribution in [2.24, 2.45) is 11.8 Å². The minimum Gasteiger partial charge on any atom is -0.444 e. The third-order valence-corrected chi connectivity index (χ3v) is 13.5. The molecule has 8 rings (SSSR count). The third-order valence-electron chi connectivity index (χ3n) is 13.5. The van der Waals surface area contributed by atoms with Gasteiger partial charge in [0.15, 0.2) is 11.2 Å². The van der Waals surface area contributed by atoms with E-state index in [0.717, 1.165) is 74.4 Å². The molecule has 0 bridgehead atoms. The molecule has 12 heteroatoms. The quantitative estimate of drug-likeness (QED) is 0.0742. The van der Waals surface area contributed by atoms with Gasteiger partial charge < -0.3 is 38.5 Å². The lowest BCUT2D eigenvalue weighted by atomic mass is 9.71. The molecule has 0 saturated carbocycles. The number of esters is 2. The first-order valence-corrected chi connectivity index (χ1v) is 22.1. The molecule has 4 saturated heterocycles. The van der Waals surface area contributed by atoms with Gasteiger partial charge >= 0.3 is 24.1 Å². The second-order valence-electron chi connectivity index (χ2n) is 17.3. The standard InChI is InChI=1S/C50H58N4O8/c1-51-35-43(59-47(51)57)27-33-53-29-23-41(24-30-53)49(37-15-7-3-8-16-37,38-17-9-4-10-18-38)61-45(55)46(56)62-50(39-19-11-5-12-20-39,40-21-13-6-14-22-40)42-25-31-54(32-26-42)34-28-44-36-52(2)48(58)60-44/h3-22,41-44H,23-36H2,1-2H3. The predicted molar refractivity (Wildman–Crippen MR) is 233 cm³/mol. The van der Waals surface area contributed by atoms with Crippen molar-refractivity contribution in [3.8, 4) is 0 Å². The van der Waals surface area contributed by atoms with Crippen LogP contribution in [0.2, 0.25) is 0 Å². The maximum atomic E-state index is 14.8. The molecular weight excluding hydrogens is 785 g/mol. The van der Waals surface area contributed by atoms with Gasteiger partial charge in [-0.1, -0.05) is 121 Å². The number of likely N-dealkylation sites (tertiary alicyclic amines) is 2. The molecule has 0 spiro atoms. The second kappa shape index (κ2) is 19.1. The zero-order valence-electron chi connectivity index (χ0n) is 35.8. The first kappa shape index (κ1) is 42.9. The van der Waals surface area contributed by atoms with Crippen LogP contribution in [0, 0.1) is 11.8 Å². The fourth-order valence-corrected chi connectivity index (χ4v) is 10.2. The average Bonchev–Trinajstić information content (AvgIpc) is 3.83. The van der Waals surface area contributed by atoms with Crippen LogP contribution in [0.3, 0.4) is 0 Å². The Morgan fingerprint density at radius 2 is 0.806 bits per heavy atom. The maximum absolute atomic E-state index is 14.8. The molecule has 4 heterocycles. The number of carbonyl (C=O) groups is 4. The number of rotatable bonds is 14. The van der Waals surface area contributed by atoms with Crippen LogP contribution in [0.1, 0.15) is 60.8 Å². The van der Waals surface area contributed by atoms with Crippen molar-refractivity contribution in [2.45, 2.75) is 61.9 Å². The number of likely N-dealkylation sites (N-methyl/N-ethyl adjacent to an activating group) is 2. The first-order valence-electron chi connectivity index (χ1n) is 22.1. The summed E-state index contributed by atoms with van der Waals surface area (Å²) in [6.07, 6.45) is 3.45. The fraction of sp³-hybridized carbons (Fsp3) is 0.440. The Balaban J connectivity index is 1.06. The van der Waals surface area contributed by atoms with Crippen molar-refractivity contribution < 1.29 is 38.1 Å². The van der Waals surface area contributed by atoms with Crippen molar-refractivity contribution in [2.75, 3.05) is 66.5 Å². The minimum absolute atomic E-state index is 0.136. The molecule has 2 amide bonds. The lowest BCUT2D eigenvalue weighted by Gasteiger charge is -2.46. The number of nitrogens with zero attached hydrogens (tertiary/aromatic N) is 4. The van der Waals surface area contributed by atoms with Gasteiger partial charge in [0, 0.05) is 61.3 Å². The van der Waals surface area contributed by atoms with E-state index >= 15 is 0 Å². The number of hydrogen-bond acceptors (Lipinski definition) is 10. The van der Waals surface area contributed by atoms with E-state index in [4.69, 9.17) is 18.9 Å². The molecule has 0 aromatic heterocycles. The van der Waals surface area contributed by atoms with E-state index in [2.05, 4.69) is 9.80 Å². The van der Waals surface area contributed by atoms with E-state index in [9.17, 15) is 19.2 Å². The average molecular weight is 843 g/mol. The van der Waals surface area contributed by atoms with Crippen molar-refractivity contribution in [3.05, 3.63) is 144 Å². The minimum atomic E-state index is -1.29. The number of ether oxygens (including phenoxy) is 4. The van der Waals surface area contributed by atoms with Crippen molar-refractivity contribution in [1.82, 2.24) is 19.6 Å². The van der Waals surface area contributed by atoms with Crippen LogP contribution < -0.4 is 0 Å². The lowest BCUT2D eigenvalue weighted by Crippen LogP contribution is -2.50. The molecule has 0 radical (unpaired) electrons. The van der Waals surface area contributed by atoms with Gasteiger partial charge in [0.2, 0.25) is 0 Å². The smallest absolute Gasteiger partial charge is 0.418 e. The highest BCUT2D eigenvalue weighted by molar-refractivity contribution is 6.30. The monoisotopic (exact) mass is 842 g/mol. The first-order chi connectivity index (χ1) is 30.2. The summed E-state index contributed by atoms with van der Waals surface area (Å²) < 4.78 is 24.6. The highest BCUT2D eigenvalue weighted by Gasteiger charge is 2.51. The van der Waals surface area contributed by atoms with Crippen LogP contribution in [0.4, 0.5) is 9.59 Å². The van der Waals surface area contributed by atoms with Crippen molar-refractivity contribution >= 4 is 24.1 Å². The molecule has 4 aromatic carbocycles. The Bertz CT molecular complexity index is 1890. The lowest BCUT2D eigenvalue weighted by molar-refractivity contribution is -0.191. The van der Waals surface area contributed by atoms with Gasteiger partial charge in [0.05, 0.1) is 13.1 Å². The summed E-state index contributed by atoms with van der Waals surface area (Å²) in [4.78, 5) is 61.6. The highest BCUT2D eigenvalue weighted by Crippen LogP contribution is 2.48. The van der Waals surface area contributed by atoms with E-state index in [-0.39, 0.29) is 36.2 Å². The molecule has 2 atom stereocenters. The third kappa shape index (κ3) is 9.08. The molecule has 12 nitrogen and oxygen atoms in total. The Morgan fingerprint density at radius 3 is 1.06 bits per heavy atom. The molecule has 2 unspecified atom stereocenters. The summed E-state index contributed by atoms with van der Waals surface area (Å²) in [5, 5.41) is 0. The zero-order chi connectivity index (χ0) is 43.1. The maximum Gasteiger partial charge on any atom is 0.418 e. The highest BCUT2D eigenvalue weighted by atomic mass is 16.6. The molecule has 4 aromatic rings. The van der Waals surface area contributed by atoms with E-state index in [1.54, 1.807) is 23.9 Å². The van der Waals surface area contributed by atoms with Crippen LogP contribution in [0.5, 0.6) is 0 Å². The normalized spacial score (nSPS) is 20.8. The van der Waals surface area contributed by atoms with Gasteiger partial charge in [0.1, 0.15) is 12.2 Å². The zero-order valence-corrected chi connectivity index (χ0v) is 35.8. The molecular formula is C50H58N4O8. The molecule has 4 aliphatic rings. The Kier molecular flexibility index (Phi) is 13.2. The second-order valence-corrected chi connectivity index (χ2v) is 17.3. The van der Waals surface area contributed by atoms with Gasteiger partial charge in [-0.15, -0.1) is 0 Å². The van der Waals surface area contributed by atoms with Gasteiger partial charge in [-0.3, -0.25) is 0 Å². The number of hydrogen-bond donors (Lipinski definition) is 0. The van der Waals surface area contributed by atoms with Crippen molar-refractivity contribution in [3.63, 3.8) is 0 Å². The van der Waals surface area contributed by atoms with E-state index in [1.165, 1.54) is 0 Å². The molecule has 4 aliphatic heterocycles. The molecule has 4 fully saturated rings. The number of amides is 2. The summed E-state index contributed by atoms with van der Waals surface area (Å²) in [5.41, 5.74) is 0.575. The summed E-state index contributed by atoms with van der Waals surface area (Å²) >= 11 is 0. The largest absolute Gasteiger partial charge is 0.444 e. The summed E-state index contributed by atoms with van der Waals surface area (Å²) in [5.74, 6) is -2.42. The summed E-state index contributed by atoms with van der Waals surface area (Å²) in [6, 6.07) is 39.1. The molecule has 62 heavy (non-hydrogen) atoms. The van der Waals surface area contributed by atoms with E-state index < -0.39 is 23.1 Å². The van der Waals surface area contributed by atoms with Gasteiger partial charge in [0.25, 0.3) is 0 Å². The van der Waals surface area contributed by atoms with Crippen LogP contribution in [-0.4, -0.2) is 122 Å². The Labute approximate surface area is 364 Å². The Morgan fingerprint density at radius 1 is 0.516 bits per heavy atom. The topological polar surface area (TPSA) is 118 Å². The van der Waals surface area contributed by atoms with Crippen LogP contribution in [0.15, 0.2) is 121 Å². The van der Waals surface area contributed by atoms with Gasteiger partial charge in [-0.2, -0.15) is 0 Å². The van der Waals surface area contributed by atoms with Crippen LogP contribution >= 0.6 is 0 Å². The summed E-state index contributed by atoms with van der Waals surface area (Å²) in [6.45, 7) is 5.71. The molecule has 0 N–H and O–H groups in total. The van der Waals surface area contributed by atoms with Crippen LogP contribution in [0.25, 0.3) is 0 Å². The Hall–Kier alpha value is -5.72. The number of piperidine rings is 2. The number of benzene rings is 4. The predicted octanol–water partition coefficient (Wildman–Crippen LogP) is 7.07. The van der Waals surface area contributed by atoms with E-state index in [0.29, 0.717) is 38.8 Å². The molecule has 326 valence electrons. The van der Waals surface area contributed by atoms with Gasteiger partial charge in [-0.25, -0.2) is 19.2 Å².